The maximum atomic E-state index is 12.8. The molecular formula is C22H23N7O. The summed E-state index contributed by atoms with van der Waals surface area (Å²) in [5, 5.41) is 18.5. The van der Waals surface area contributed by atoms with Crippen LogP contribution < -0.4 is 10.6 Å². The quantitative estimate of drug-likeness (QED) is 0.504. The van der Waals surface area contributed by atoms with Crippen molar-refractivity contribution in [3.05, 3.63) is 54.1 Å². The van der Waals surface area contributed by atoms with E-state index in [0.29, 0.717) is 17.0 Å². The predicted octanol–water partition coefficient (Wildman–Crippen LogP) is 3.87. The van der Waals surface area contributed by atoms with E-state index < -0.39 is 0 Å². The molecule has 2 heterocycles. The molecule has 8 nitrogen and oxygen atoms in total. The third kappa shape index (κ3) is 3.68. The smallest absolute Gasteiger partial charge is 0.251 e. The van der Waals surface area contributed by atoms with E-state index in [9.17, 15) is 4.79 Å². The fourth-order valence-electron chi connectivity index (χ4n) is 4.06. The number of hydrogen-bond donors (Lipinski definition) is 2. The van der Waals surface area contributed by atoms with Crippen LogP contribution >= 0.6 is 0 Å². The number of rotatable bonds is 4. The molecule has 2 aromatic carbocycles. The second-order valence-electron chi connectivity index (χ2n) is 7.73. The highest BCUT2D eigenvalue weighted by Crippen LogP contribution is 2.23. The number of nitrogens with zero attached hydrogens (tertiary/aromatic N) is 5. The minimum Gasteiger partial charge on any atom is -0.349 e. The van der Waals surface area contributed by atoms with Crippen LogP contribution in [-0.2, 0) is 0 Å². The molecule has 0 bridgehead atoms. The van der Waals surface area contributed by atoms with Gasteiger partial charge in [-0.3, -0.25) is 4.79 Å². The van der Waals surface area contributed by atoms with Gasteiger partial charge in [0.15, 0.2) is 5.82 Å². The minimum atomic E-state index is -0.0358. The first-order valence-electron chi connectivity index (χ1n) is 10.4. The van der Waals surface area contributed by atoms with Crippen molar-refractivity contribution in [2.24, 2.45) is 0 Å². The largest absolute Gasteiger partial charge is 0.349 e. The number of carbonyl (C=O) groups excluding carboxylic acids is 1. The van der Waals surface area contributed by atoms with Crippen LogP contribution in [0, 0.1) is 0 Å². The summed E-state index contributed by atoms with van der Waals surface area (Å²) < 4.78 is 1.66. The number of para-hydroxylation sites is 2. The summed E-state index contributed by atoms with van der Waals surface area (Å²) in [6.45, 7) is 0. The van der Waals surface area contributed by atoms with Crippen LogP contribution in [0.5, 0.6) is 0 Å². The topological polar surface area (TPSA) is 97.1 Å². The Hall–Kier alpha value is -3.55. The average molecular weight is 401 g/mol. The molecule has 0 saturated heterocycles. The van der Waals surface area contributed by atoms with Crippen LogP contribution in [0.1, 0.15) is 48.9 Å². The number of anilines is 2. The van der Waals surface area contributed by atoms with Gasteiger partial charge in [-0.05, 0) is 53.6 Å². The zero-order chi connectivity index (χ0) is 20.3. The Bertz CT molecular complexity index is 1190. The summed E-state index contributed by atoms with van der Waals surface area (Å²) in [6.07, 6.45) is 7.00. The highest BCUT2D eigenvalue weighted by atomic mass is 16.1. The number of carbonyl (C=O) groups is 1. The van der Waals surface area contributed by atoms with E-state index in [-0.39, 0.29) is 11.9 Å². The highest BCUT2D eigenvalue weighted by Gasteiger charge is 2.17. The van der Waals surface area contributed by atoms with Gasteiger partial charge in [0.2, 0.25) is 5.65 Å². The summed E-state index contributed by atoms with van der Waals surface area (Å²) in [5.41, 5.74) is 3.53. The molecule has 152 valence electrons. The molecule has 2 aromatic heterocycles. The van der Waals surface area contributed by atoms with E-state index in [1.807, 2.05) is 48.5 Å². The normalized spacial score (nSPS) is 15.2. The highest BCUT2D eigenvalue weighted by molar-refractivity contribution is 5.95. The van der Waals surface area contributed by atoms with Gasteiger partial charge in [0.25, 0.3) is 5.91 Å². The van der Waals surface area contributed by atoms with Gasteiger partial charge in [0.1, 0.15) is 0 Å². The molecule has 1 aliphatic carbocycles. The lowest BCUT2D eigenvalue weighted by atomic mass is 10.1. The van der Waals surface area contributed by atoms with Crippen LogP contribution in [0.3, 0.4) is 0 Å². The first kappa shape index (κ1) is 18.5. The molecule has 5 rings (SSSR count). The van der Waals surface area contributed by atoms with Gasteiger partial charge in [-0.1, -0.05) is 43.9 Å². The summed E-state index contributed by atoms with van der Waals surface area (Å²) in [4.78, 5) is 17.5. The molecule has 2 N–H and O–H groups in total. The molecule has 1 amide bonds. The van der Waals surface area contributed by atoms with Crippen molar-refractivity contribution in [2.45, 2.75) is 44.6 Å². The zero-order valence-electron chi connectivity index (χ0n) is 16.6. The van der Waals surface area contributed by atoms with Crippen molar-refractivity contribution >= 4 is 34.1 Å². The number of benzene rings is 2. The third-order valence-corrected chi connectivity index (χ3v) is 5.60. The van der Waals surface area contributed by atoms with E-state index in [4.69, 9.17) is 0 Å². The lowest BCUT2D eigenvalue weighted by molar-refractivity contribution is 0.0933. The van der Waals surface area contributed by atoms with E-state index >= 15 is 0 Å². The summed E-state index contributed by atoms with van der Waals surface area (Å²) >= 11 is 0. The van der Waals surface area contributed by atoms with Crippen molar-refractivity contribution in [1.29, 1.82) is 0 Å². The molecule has 0 spiro atoms. The SMILES string of the molecule is O=C(NC1CCCCCC1)c1cccc(Nc2nc3ccccc3n3nnnc23)c1. The summed E-state index contributed by atoms with van der Waals surface area (Å²) in [6, 6.07) is 15.4. The lowest BCUT2D eigenvalue weighted by Gasteiger charge is -2.16. The molecule has 0 radical (unpaired) electrons. The zero-order valence-corrected chi connectivity index (χ0v) is 16.6. The van der Waals surface area contributed by atoms with Crippen molar-refractivity contribution in [3.8, 4) is 0 Å². The third-order valence-electron chi connectivity index (χ3n) is 5.60. The van der Waals surface area contributed by atoms with Gasteiger partial charge >= 0.3 is 0 Å². The summed E-state index contributed by atoms with van der Waals surface area (Å²) in [5.74, 6) is 0.506. The van der Waals surface area contributed by atoms with Crippen LogP contribution in [0.15, 0.2) is 48.5 Å². The van der Waals surface area contributed by atoms with E-state index in [2.05, 4.69) is 31.1 Å². The van der Waals surface area contributed by atoms with Gasteiger partial charge in [0, 0.05) is 17.3 Å². The summed E-state index contributed by atoms with van der Waals surface area (Å²) in [7, 11) is 0. The van der Waals surface area contributed by atoms with Gasteiger partial charge in [-0.25, -0.2) is 4.98 Å². The van der Waals surface area contributed by atoms with Gasteiger partial charge in [-0.15, -0.1) is 5.10 Å². The van der Waals surface area contributed by atoms with Gasteiger partial charge < -0.3 is 10.6 Å². The van der Waals surface area contributed by atoms with Gasteiger partial charge in [-0.2, -0.15) is 4.52 Å². The Kier molecular flexibility index (Phi) is 4.96. The van der Waals surface area contributed by atoms with Crippen molar-refractivity contribution in [3.63, 3.8) is 0 Å². The lowest BCUT2D eigenvalue weighted by Crippen LogP contribution is -2.34. The van der Waals surface area contributed by atoms with Crippen molar-refractivity contribution in [2.75, 3.05) is 5.32 Å². The van der Waals surface area contributed by atoms with E-state index in [0.717, 1.165) is 29.6 Å². The van der Waals surface area contributed by atoms with Crippen LogP contribution in [0.4, 0.5) is 11.5 Å². The minimum absolute atomic E-state index is 0.0358. The Labute approximate surface area is 173 Å². The average Bonchev–Trinajstić information content (AvgIpc) is 3.13. The molecule has 1 saturated carbocycles. The molecule has 1 fully saturated rings. The Morgan fingerprint density at radius 2 is 1.83 bits per heavy atom. The number of aromatic nitrogens is 5. The second kappa shape index (κ2) is 8.06. The molecule has 4 aromatic rings. The number of amides is 1. The van der Waals surface area contributed by atoms with Crippen LogP contribution in [-0.4, -0.2) is 37.0 Å². The second-order valence-corrected chi connectivity index (χ2v) is 7.73. The molecule has 0 unspecified atom stereocenters. The van der Waals surface area contributed by atoms with Crippen LogP contribution in [0.2, 0.25) is 0 Å². The first-order valence-corrected chi connectivity index (χ1v) is 10.4. The first-order chi connectivity index (χ1) is 14.8. The Morgan fingerprint density at radius 3 is 2.70 bits per heavy atom. The molecular weight excluding hydrogens is 378 g/mol. The maximum absolute atomic E-state index is 12.8. The predicted molar refractivity (Wildman–Crippen MR) is 115 cm³/mol. The van der Waals surface area contributed by atoms with E-state index in [1.54, 1.807) is 4.52 Å². The van der Waals surface area contributed by atoms with Crippen molar-refractivity contribution in [1.82, 2.24) is 30.3 Å². The number of nitrogens with one attached hydrogen (secondary N) is 2. The molecule has 8 heteroatoms. The molecule has 1 aliphatic rings. The maximum Gasteiger partial charge on any atom is 0.251 e. The Morgan fingerprint density at radius 1 is 1.00 bits per heavy atom. The standard InChI is InChI=1S/C22H23N7O/c30-22(24-16-9-3-1-2-4-10-16)15-8-7-11-17(14-15)23-20-21-26-27-28-29(21)19-13-6-5-12-18(19)25-20/h5-8,11-14,16H,1-4,9-10H2,(H,23,25)(H,24,30). The number of hydrogen-bond acceptors (Lipinski definition) is 6. The Balaban J connectivity index is 1.40. The number of tetrazole rings is 1. The fourth-order valence-corrected chi connectivity index (χ4v) is 4.06. The molecule has 30 heavy (non-hydrogen) atoms. The molecule has 0 atom stereocenters. The van der Waals surface area contributed by atoms with Crippen molar-refractivity contribution < 1.29 is 4.79 Å². The fraction of sp³-hybridized carbons (Fsp3) is 0.318. The number of fused-ring (bicyclic) bond motifs is 3. The van der Waals surface area contributed by atoms with E-state index in [1.165, 1.54) is 25.7 Å². The molecule has 0 aliphatic heterocycles. The van der Waals surface area contributed by atoms with Gasteiger partial charge in [0.05, 0.1) is 11.0 Å². The monoisotopic (exact) mass is 401 g/mol. The van der Waals surface area contributed by atoms with Crippen LogP contribution in [0.25, 0.3) is 16.7 Å².